The fraction of sp³-hybridized carbons (Fsp3) is 0.111. The van der Waals surface area contributed by atoms with Crippen LogP contribution in [0.1, 0.15) is 11.9 Å². The molecule has 7 heteroatoms. The van der Waals surface area contributed by atoms with Gasteiger partial charge in [0.1, 0.15) is 18.1 Å². The predicted octanol–water partition coefficient (Wildman–Crippen LogP) is 3.04. The largest absolute Gasteiger partial charge is 0.455 e. The van der Waals surface area contributed by atoms with Crippen molar-refractivity contribution in [3.8, 4) is 17.2 Å². The van der Waals surface area contributed by atoms with Crippen molar-refractivity contribution in [2.24, 2.45) is 10.2 Å². The molecule has 0 bridgehead atoms. The molecule has 0 amide bonds. The summed E-state index contributed by atoms with van der Waals surface area (Å²) < 4.78 is 7.21. The summed E-state index contributed by atoms with van der Waals surface area (Å²) >= 11 is 0. The van der Waals surface area contributed by atoms with Gasteiger partial charge in [0, 0.05) is 0 Å². The maximum absolute atomic E-state index is 12.5. The second kappa shape index (κ2) is 6.66. The third-order valence-electron chi connectivity index (χ3n) is 3.71. The van der Waals surface area contributed by atoms with Crippen LogP contribution in [0.2, 0.25) is 0 Å². The van der Waals surface area contributed by atoms with Gasteiger partial charge in [-0.15, -0.1) is 0 Å². The lowest BCUT2D eigenvalue weighted by atomic mass is 10.2. The highest BCUT2D eigenvalue weighted by Crippen LogP contribution is 2.29. The Morgan fingerprint density at radius 3 is 2.44 bits per heavy atom. The van der Waals surface area contributed by atoms with Gasteiger partial charge in [-0.25, -0.2) is 0 Å². The number of benzene rings is 2. The first kappa shape index (κ1) is 15.2. The summed E-state index contributed by atoms with van der Waals surface area (Å²) in [7, 11) is 0. The monoisotopic (exact) mass is 333 g/mol. The molecular weight excluding hydrogens is 318 g/mol. The first-order chi connectivity index (χ1) is 12.3. The molecule has 0 aliphatic carbocycles. The van der Waals surface area contributed by atoms with Crippen molar-refractivity contribution in [3.05, 3.63) is 82.8 Å². The molecule has 1 aliphatic heterocycles. The average Bonchev–Trinajstić information content (AvgIpc) is 3.18. The van der Waals surface area contributed by atoms with Gasteiger partial charge in [-0.1, -0.05) is 36.4 Å². The minimum absolute atomic E-state index is 0.282. The van der Waals surface area contributed by atoms with E-state index in [0.29, 0.717) is 29.5 Å². The van der Waals surface area contributed by atoms with E-state index >= 15 is 0 Å². The van der Waals surface area contributed by atoms with E-state index in [0.717, 1.165) is 0 Å². The normalized spacial score (nSPS) is 16.1. The van der Waals surface area contributed by atoms with Crippen molar-refractivity contribution in [1.29, 1.82) is 0 Å². The van der Waals surface area contributed by atoms with Gasteiger partial charge >= 0.3 is 0 Å². The Morgan fingerprint density at radius 2 is 1.76 bits per heavy atom. The Hall–Kier alpha value is -3.32. The van der Waals surface area contributed by atoms with Crippen molar-refractivity contribution < 1.29 is 4.74 Å². The van der Waals surface area contributed by atoms with Crippen LogP contribution in [0.4, 0.5) is 0 Å². The molecule has 4 rings (SSSR count). The number of hydrogen-bond acceptors (Lipinski definition) is 6. The number of ether oxygens (including phenoxy) is 1. The van der Waals surface area contributed by atoms with Crippen LogP contribution in [0.25, 0.3) is 5.69 Å². The van der Waals surface area contributed by atoms with Gasteiger partial charge in [0.15, 0.2) is 11.9 Å². The molecule has 0 fully saturated rings. The maximum atomic E-state index is 12.5. The molecule has 7 nitrogen and oxygen atoms in total. The highest BCUT2D eigenvalue weighted by Gasteiger charge is 2.23. The molecule has 0 saturated heterocycles. The van der Waals surface area contributed by atoms with Crippen LogP contribution in [0.3, 0.4) is 0 Å². The first-order valence-corrected chi connectivity index (χ1v) is 7.84. The Bertz CT molecular complexity index is 954. The van der Waals surface area contributed by atoms with Crippen LogP contribution in [0.5, 0.6) is 11.5 Å². The molecule has 2 aromatic carbocycles. The van der Waals surface area contributed by atoms with Gasteiger partial charge < -0.3 is 4.74 Å². The number of rotatable bonds is 4. The summed E-state index contributed by atoms with van der Waals surface area (Å²) in [6, 6.07) is 19.9. The molecule has 1 aliphatic rings. The topological polar surface area (TPSA) is 80.9 Å². The van der Waals surface area contributed by atoms with E-state index in [1.165, 1.54) is 10.7 Å². The lowest BCUT2D eigenvalue weighted by molar-refractivity contribution is 0.450. The van der Waals surface area contributed by atoms with Crippen LogP contribution in [-0.2, 0) is 0 Å². The molecule has 1 N–H and O–H groups in total. The molecule has 3 aromatic rings. The Kier molecular flexibility index (Phi) is 4.05. The van der Waals surface area contributed by atoms with E-state index in [4.69, 9.17) is 4.74 Å². The summed E-state index contributed by atoms with van der Waals surface area (Å²) in [6.45, 7) is 0.404. The van der Waals surface area contributed by atoms with Gasteiger partial charge in [0.05, 0.1) is 11.8 Å². The van der Waals surface area contributed by atoms with Crippen LogP contribution in [0, 0.1) is 0 Å². The van der Waals surface area contributed by atoms with E-state index in [1.807, 2.05) is 60.7 Å². The third kappa shape index (κ3) is 3.17. The molecule has 1 aromatic heterocycles. The van der Waals surface area contributed by atoms with Crippen LogP contribution < -0.4 is 15.6 Å². The smallest absolute Gasteiger partial charge is 0.275 e. The van der Waals surface area contributed by atoms with Crippen molar-refractivity contribution in [2.75, 3.05) is 6.67 Å². The minimum atomic E-state index is -0.450. The zero-order valence-electron chi connectivity index (χ0n) is 13.2. The van der Waals surface area contributed by atoms with E-state index in [2.05, 4.69) is 20.6 Å². The number of hydrogen-bond donors (Lipinski definition) is 1. The zero-order chi connectivity index (χ0) is 17.1. The summed E-state index contributed by atoms with van der Waals surface area (Å²) in [4.78, 5) is 12.5. The molecule has 0 radical (unpaired) electrons. The quantitative estimate of drug-likeness (QED) is 0.796. The highest BCUT2D eigenvalue weighted by molar-refractivity contribution is 5.37. The van der Waals surface area contributed by atoms with Gasteiger partial charge in [0.25, 0.3) is 5.56 Å². The SMILES string of the molecule is O=c1cc(Oc2ccccc2)c(C2N=NCN2)nn1-c1ccccc1. The van der Waals surface area contributed by atoms with E-state index in [9.17, 15) is 4.79 Å². The Balaban J connectivity index is 1.81. The van der Waals surface area contributed by atoms with E-state index in [1.54, 1.807) is 0 Å². The minimum Gasteiger partial charge on any atom is -0.455 e. The van der Waals surface area contributed by atoms with Crippen molar-refractivity contribution in [2.45, 2.75) is 6.17 Å². The summed E-state index contributed by atoms with van der Waals surface area (Å²) in [6.07, 6.45) is -0.450. The van der Waals surface area contributed by atoms with Gasteiger partial charge in [0.2, 0.25) is 0 Å². The molecule has 124 valence electrons. The standard InChI is InChI=1S/C18H15N5O2/c24-16-11-15(25-14-9-5-2-6-10-14)17(18-19-12-20-21-18)22-23(16)13-7-3-1-4-8-13/h1-11,18-19H,12H2. The third-order valence-corrected chi connectivity index (χ3v) is 3.71. The fourth-order valence-corrected chi connectivity index (χ4v) is 2.54. The average molecular weight is 333 g/mol. The Labute approximate surface area is 143 Å². The van der Waals surface area contributed by atoms with E-state index < -0.39 is 6.17 Å². The van der Waals surface area contributed by atoms with Crippen LogP contribution >= 0.6 is 0 Å². The van der Waals surface area contributed by atoms with Gasteiger partial charge in [-0.05, 0) is 24.3 Å². The number of nitrogens with zero attached hydrogens (tertiary/aromatic N) is 4. The Morgan fingerprint density at radius 1 is 1.04 bits per heavy atom. The number of nitrogens with one attached hydrogen (secondary N) is 1. The zero-order valence-corrected chi connectivity index (χ0v) is 13.2. The molecule has 0 saturated carbocycles. The van der Waals surface area contributed by atoms with Gasteiger partial charge in [-0.3, -0.25) is 10.1 Å². The number of aromatic nitrogens is 2. The second-order valence-electron chi connectivity index (χ2n) is 5.42. The van der Waals surface area contributed by atoms with Crippen molar-refractivity contribution in [1.82, 2.24) is 15.1 Å². The molecule has 1 atom stereocenters. The van der Waals surface area contributed by atoms with Gasteiger partial charge in [-0.2, -0.15) is 20.0 Å². The molecule has 1 unspecified atom stereocenters. The molecule has 0 spiro atoms. The lowest BCUT2D eigenvalue weighted by Crippen LogP contribution is -2.25. The van der Waals surface area contributed by atoms with Crippen molar-refractivity contribution >= 4 is 0 Å². The molecule has 25 heavy (non-hydrogen) atoms. The van der Waals surface area contributed by atoms with Crippen molar-refractivity contribution in [3.63, 3.8) is 0 Å². The predicted molar refractivity (Wildman–Crippen MR) is 91.9 cm³/mol. The second-order valence-corrected chi connectivity index (χ2v) is 5.42. The summed E-state index contributed by atoms with van der Waals surface area (Å²) in [5.41, 5.74) is 0.902. The summed E-state index contributed by atoms with van der Waals surface area (Å²) in [5.74, 6) is 0.985. The maximum Gasteiger partial charge on any atom is 0.275 e. The van der Waals surface area contributed by atoms with Crippen LogP contribution in [0.15, 0.2) is 81.8 Å². The summed E-state index contributed by atoms with van der Waals surface area (Å²) in [5, 5.41) is 15.7. The number of azo groups is 1. The van der Waals surface area contributed by atoms with Crippen LogP contribution in [-0.4, -0.2) is 16.4 Å². The first-order valence-electron chi connectivity index (χ1n) is 7.84. The fourth-order valence-electron chi connectivity index (χ4n) is 2.54. The molecule has 2 heterocycles. The number of para-hydroxylation sites is 2. The molecular formula is C18H15N5O2. The van der Waals surface area contributed by atoms with E-state index in [-0.39, 0.29) is 5.56 Å². The highest BCUT2D eigenvalue weighted by atomic mass is 16.5. The lowest BCUT2D eigenvalue weighted by Gasteiger charge is -2.15.